The zero-order valence-corrected chi connectivity index (χ0v) is 50.1. The van der Waals surface area contributed by atoms with E-state index in [0.29, 0.717) is 153 Å². The SMILES string of the molecule is CCC(=O)OCc1c(O)cc2n(c1=O)Cc1c-2nc2ccc(OCc3ccc(NC(=O)[C@H](CCCNC(N)=O)NC(=O)C(NC(=O)CCOCCOCCOCCOCCOCCOCCOCCOCCOCCN)C(C)C)cc3)cc2c1CC. The highest BCUT2D eigenvalue weighted by Crippen LogP contribution is 2.38. The Hall–Kier alpha value is -6.85. The number of aromatic nitrogens is 2. The summed E-state index contributed by atoms with van der Waals surface area (Å²) < 4.78 is 62.1. The van der Waals surface area contributed by atoms with Gasteiger partial charge in [0.2, 0.25) is 17.7 Å². The van der Waals surface area contributed by atoms with E-state index in [4.69, 9.17) is 68.6 Å². The second kappa shape index (κ2) is 39.8. The Balaban J connectivity index is 0.967. The smallest absolute Gasteiger partial charge is 0.312 e. The average molecular weight is 1210 g/mol. The molecule has 0 bridgehead atoms. The maximum atomic E-state index is 13.8. The van der Waals surface area contributed by atoms with Crippen molar-refractivity contribution in [3.05, 3.63) is 81.1 Å². The number of hydrogen-bond acceptors (Lipinski definition) is 20. The third kappa shape index (κ3) is 24.5. The molecule has 26 heteroatoms. The van der Waals surface area contributed by atoms with Crippen LogP contribution < -0.4 is 43.0 Å². The number of rotatable bonds is 46. The molecule has 5 amide bonds. The Morgan fingerprint density at radius 2 is 1.24 bits per heavy atom. The molecule has 0 saturated heterocycles. The summed E-state index contributed by atoms with van der Waals surface area (Å²) in [5, 5.41) is 22.6. The van der Waals surface area contributed by atoms with Crippen molar-refractivity contribution in [1.29, 1.82) is 0 Å². The third-order valence-electron chi connectivity index (χ3n) is 13.3. The molecule has 0 aliphatic carbocycles. The van der Waals surface area contributed by atoms with Crippen LogP contribution in [0.4, 0.5) is 10.5 Å². The number of hydrogen-bond donors (Lipinski definition) is 7. The lowest BCUT2D eigenvalue weighted by Gasteiger charge is -2.25. The largest absolute Gasteiger partial charge is 0.507 e. The first-order valence-electron chi connectivity index (χ1n) is 29.4. The number of nitrogens with zero attached hydrogens (tertiary/aromatic N) is 2. The van der Waals surface area contributed by atoms with Gasteiger partial charge in [-0.3, -0.25) is 24.0 Å². The van der Waals surface area contributed by atoms with Gasteiger partial charge in [-0.25, -0.2) is 9.78 Å². The van der Waals surface area contributed by atoms with Crippen molar-refractivity contribution in [2.24, 2.45) is 17.4 Å². The molecule has 0 fully saturated rings. The van der Waals surface area contributed by atoms with Crippen LogP contribution in [0.1, 0.15) is 75.6 Å². The summed E-state index contributed by atoms with van der Waals surface area (Å²) >= 11 is 0. The molecule has 476 valence electrons. The number of amides is 5. The van der Waals surface area contributed by atoms with Gasteiger partial charge in [0.15, 0.2) is 0 Å². The first kappa shape index (κ1) is 69.9. The van der Waals surface area contributed by atoms with E-state index in [0.717, 1.165) is 22.1 Å². The van der Waals surface area contributed by atoms with Gasteiger partial charge >= 0.3 is 12.0 Å². The number of nitrogens with one attached hydrogen (secondary N) is 4. The fourth-order valence-corrected chi connectivity index (χ4v) is 8.82. The van der Waals surface area contributed by atoms with Crippen molar-refractivity contribution in [2.75, 3.05) is 137 Å². The van der Waals surface area contributed by atoms with E-state index in [1.165, 1.54) is 6.07 Å². The van der Waals surface area contributed by atoms with Gasteiger partial charge in [-0.1, -0.05) is 39.8 Å². The second-order valence-electron chi connectivity index (χ2n) is 20.1. The van der Waals surface area contributed by atoms with E-state index in [9.17, 15) is 33.9 Å². The summed E-state index contributed by atoms with van der Waals surface area (Å²) in [6.07, 6.45) is 1.22. The van der Waals surface area contributed by atoms with Gasteiger partial charge in [0.25, 0.3) is 5.56 Å². The zero-order valence-electron chi connectivity index (χ0n) is 50.1. The Bertz CT molecular complexity index is 2780. The van der Waals surface area contributed by atoms with Crippen LogP contribution in [0, 0.1) is 5.92 Å². The number of aromatic hydroxyl groups is 1. The van der Waals surface area contributed by atoms with Gasteiger partial charge in [0.1, 0.15) is 36.8 Å². The number of carbonyl (C=O) groups excluding carboxylic acids is 5. The zero-order chi connectivity index (χ0) is 61.9. The Kier molecular flexibility index (Phi) is 32.3. The molecule has 2 aromatic carbocycles. The van der Waals surface area contributed by atoms with Crippen molar-refractivity contribution in [2.45, 2.75) is 91.6 Å². The summed E-state index contributed by atoms with van der Waals surface area (Å²) in [6.45, 7) is 15.4. The third-order valence-corrected chi connectivity index (χ3v) is 13.3. The lowest BCUT2D eigenvalue weighted by atomic mass is 9.98. The van der Waals surface area contributed by atoms with Crippen LogP contribution in [-0.4, -0.2) is 188 Å². The van der Waals surface area contributed by atoms with Gasteiger partial charge < -0.3 is 94.5 Å². The van der Waals surface area contributed by atoms with Crippen molar-refractivity contribution in [3.8, 4) is 22.9 Å². The molecule has 2 aromatic heterocycles. The summed E-state index contributed by atoms with van der Waals surface area (Å²) in [6, 6.07) is 11.4. The average Bonchev–Trinajstić information content (AvgIpc) is 2.24. The number of nitrogens with two attached hydrogens (primary N) is 2. The first-order valence-corrected chi connectivity index (χ1v) is 29.4. The van der Waals surface area contributed by atoms with E-state index >= 15 is 0 Å². The number of benzene rings is 2. The standard InChI is InChI=1S/C60H88N8O18/c1-5-45-46-36-44(13-14-49(46)65-56-47(45)38-68-51(56)37-52(69)48(59(68)74)40-86-54(71)6-2)85-39-42-9-11-43(12-10-42)64-57(72)50(8-7-17-63-60(62)75)66-58(73)55(41(3)4)67-53(70)15-18-76-20-22-78-24-26-80-28-30-82-32-34-84-35-33-83-31-29-81-27-25-79-23-21-77-19-16-61/h9-14,36-37,41,50,55,69H,5-8,15-35,38-40,61H2,1-4H3,(H,64,72)(H,66,73)(H,67,70)(H3,62,63,75)/t50-,55?/m0/s1. The Morgan fingerprint density at radius 1 is 0.686 bits per heavy atom. The molecule has 2 atom stereocenters. The molecule has 3 heterocycles. The molecule has 9 N–H and O–H groups in total. The summed E-state index contributed by atoms with van der Waals surface area (Å²) in [5.41, 5.74) is 15.0. The number of primary amides is 1. The Morgan fingerprint density at radius 3 is 1.77 bits per heavy atom. The molecular formula is C60H88N8O18. The summed E-state index contributed by atoms with van der Waals surface area (Å²) in [4.78, 5) is 82.1. The molecule has 86 heavy (non-hydrogen) atoms. The monoisotopic (exact) mass is 1210 g/mol. The van der Waals surface area contributed by atoms with Crippen molar-refractivity contribution in [3.63, 3.8) is 0 Å². The number of pyridine rings is 2. The van der Waals surface area contributed by atoms with Crippen molar-refractivity contribution >= 4 is 46.3 Å². The van der Waals surface area contributed by atoms with Gasteiger partial charge in [-0.05, 0) is 66.6 Å². The van der Waals surface area contributed by atoms with Crippen LogP contribution in [0.5, 0.6) is 11.5 Å². The number of ether oxygens (including phenoxy) is 11. The minimum Gasteiger partial charge on any atom is -0.507 e. The molecule has 0 spiro atoms. The van der Waals surface area contributed by atoms with E-state index < -0.39 is 47.4 Å². The van der Waals surface area contributed by atoms with Crippen LogP contribution in [0.25, 0.3) is 22.3 Å². The fourth-order valence-electron chi connectivity index (χ4n) is 8.82. The predicted molar refractivity (Wildman–Crippen MR) is 318 cm³/mol. The number of urea groups is 1. The van der Waals surface area contributed by atoms with Crippen molar-refractivity contribution < 1.29 is 81.2 Å². The number of anilines is 1. The lowest BCUT2D eigenvalue weighted by Crippen LogP contribution is -2.54. The van der Waals surface area contributed by atoms with Gasteiger partial charge in [-0.2, -0.15) is 0 Å². The predicted octanol–water partition coefficient (Wildman–Crippen LogP) is 3.24. The molecule has 0 radical (unpaired) electrons. The molecule has 4 aromatic rings. The molecular weight excluding hydrogens is 1120 g/mol. The molecule has 1 aliphatic rings. The topological polar surface area (TPSA) is 342 Å². The molecule has 5 rings (SSSR count). The highest BCUT2D eigenvalue weighted by atomic mass is 16.6. The van der Waals surface area contributed by atoms with Gasteiger partial charge in [-0.15, -0.1) is 0 Å². The second-order valence-corrected chi connectivity index (χ2v) is 20.1. The molecule has 1 aliphatic heterocycles. The van der Waals surface area contributed by atoms with Crippen molar-refractivity contribution in [1.82, 2.24) is 25.5 Å². The van der Waals surface area contributed by atoms with Gasteiger partial charge in [0, 0.05) is 48.6 Å². The fraction of sp³-hybridized carbons (Fsp3) is 0.583. The summed E-state index contributed by atoms with van der Waals surface area (Å²) in [7, 11) is 0. The van der Waals surface area contributed by atoms with E-state index in [-0.39, 0.29) is 76.0 Å². The van der Waals surface area contributed by atoms with Crippen LogP contribution in [0.15, 0.2) is 53.3 Å². The minimum absolute atomic E-state index is 0.00448. The molecule has 1 unspecified atom stereocenters. The normalized spacial score (nSPS) is 12.4. The Labute approximate surface area is 501 Å². The van der Waals surface area contributed by atoms with Crippen LogP contribution in [-0.2, 0) is 92.7 Å². The highest BCUT2D eigenvalue weighted by molar-refractivity contribution is 5.98. The maximum Gasteiger partial charge on any atom is 0.312 e. The number of carbonyl (C=O) groups is 5. The lowest BCUT2D eigenvalue weighted by molar-refractivity contribution is -0.144. The van der Waals surface area contributed by atoms with Crippen LogP contribution >= 0.6 is 0 Å². The van der Waals surface area contributed by atoms with Crippen LogP contribution in [0.2, 0.25) is 0 Å². The van der Waals surface area contributed by atoms with E-state index in [1.807, 2.05) is 19.1 Å². The molecule has 26 nitrogen and oxygen atoms in total. The maximum absolute atomic E-state index is 13.8. The minimum atomic E-state index is -1.04. The van der Waals surface area contributed by atoms with E-state index in [2.05, 4.69) is 21.3 Å². The summed E-state index contributed by atoms with van der Waals surface area (Å²) in [5.74, 6) is -1.96. The number of aryl methyl sites for hydroxylation is 1. The number of esters is 1. The highest BCUT2D eigenvalue weighted by Gasteiger charge is 2.30. The quantitative estimate of drug-likeness (QED) is 0.0217. The van der Waals surface area contributed by atoms with E-state index in [1.54, 1.807) is 55.7 Å². The van der Waals surface area contributed by atoms with Gasteiger partial charge in [0.05, 0.1) is 148 Å². The molecule has 0 saturated carbocycles. The van der Waals surface area contributed by atoms with Crippen LogP contribution in [0.3, 0.4) is 0 Å². The number of fused-ring (bicyclic) bond motifs is 4. The first-order chi connectivity index (χ1) is 41.7.